The van der Waals surface area contributed by atoms with Gasteiger partial charge in [-0.15, -0.1) is 0 Å². The van der Waals surface area contributed by atoms with Crippen LogP contribution in [-0.4, -0.2) is 30.1 Å². The average molecular weight is 319 g/mol. The molecule has 1 aromatic carbocycles. The van der Waals surface area contributed by atoms with Gasteiger partial charge in [0.25, 0.3) is 0 Å². The number of carbonyl (C=O) groups is 2. The zero-order chi connectivity index (χ0) is 16.7. The fourth-order valence-corrected chi connectivity index (χ4v) is 2.72. The quantitative estimate of drug-likeness (QED) is 0.686. The number of nitrogens with one attached hydrogen (secondary N) is 1. The molecule has 1 aliphatic carbocycles. The number of hydrogen-bond donors (Lipinski definition) is 2. The maximum Gasteiger partial charge on any atom is 0.310 e. The number of amides is 1. The van der Waals surface area contributed by atoms with Crippen LogP contribution >= 0.6 is 0 Å². The molecule has 2 rings (SSSR count). The summed E-state index contributed by atoms with van der Waals surface area (Å²) in [4.78, 5) is 23.0. The minimum Gasteiger partial charge on any atom is -0.494 e. The molecule has 126 valence electrons. The molecule has 0 spiro atoms. The summed E-state index contributed by atoms with van der Waals surface area (Å²) in [6.07, 6.45) is 3.88. The lowest BCUT2D eigenvalue weighted by atomic mass is 9.66. The number of aliphatic carboxylic acids is 1. The molecular weight excluding hydrogens is 294 g/mol. The molecule has 1 amide bonds. The highest BCUT2D eigenvalue weighted by Crippen LogP contribution is 2.44. The van der Waals surface area contributed by atoms with E-state index in [-0.39, 0.29) is 12.3 Å². The van der Waals surface area contributed by atoms with Crippen LogP contribution in [0.2, 0.25) is 0 Å². The Hall–Kier alpha value is -2.04. The van der Waals surface area contributed by atoms with Gasteiger partial charge in [-0.25, -0.2) is 0 Å². The monoisotopic (exact) mass is 319 g/mol. The Balaban J connectivity index is 1.56. The zero-order valence-electron chi connectivity index (χ0n) is 13.6. The zero-order valence-corrected chi connectivity index (χ0v) is 13.6. The van der Waals surface area contributed by atoms with Crippen molar-refractivity contribution in [2.75, 3.05) is 13.2 Å². The van der Waals surface area contributed by atoms with Gasteiger partial charge < -0.3 is 15.2 Å². The molecule has 0 aliphatic heterocycles. The van der Waals surface area contributed by atoms with E-state index in [0.717, 1.165) is 25.0 Å². The van der Waals surface area contributed by atoms with Crippen LogP contribution in [0.3, 0.4) is 0 Å². The van der Waals surface area contributed by atoms with Crippen LogP contribution in [0.5, 0.6) is 5.75 Å². The Morgan fingerprint density at radius 1 is 1.22 bits per heavy atom. The van der Waals surface area contributed by atoms with Gasteiger partial charge in [0.1, 0.15) is 5.75 Å². The van der Waals surface area contributed by atoms with Crippen LogP contribution in [0.15, 0.2) is 24.3 Å². The Morgan fingerprint density at radius 2 is 1.91 bits per heavy atom. The van der Waals surface area contributed by atoms with Crippen LogP contribution in [0.4, 0.5) is 0 Å². The molecule has 0 heterocycles. The largest absolute Gasteiger partial charge is 0.494 e. The molecular formula is C18H25NO4. The highest BCUT2D eigenvalue weighted by atomic mass is 16.5. The molecule has 2 N–H and O–H groups in total. The fourth-order valence-electron chi connectivity index (χ4n) is 2.72. The van der Waals surface area contributed by atoms with Gasteiger partial charge in [0.2, 0.25) is 5.91 Å². The van der Waals surface area contributed by atoms with E-state index in [1.54, 1.807) is 0 Å². The van der Waals surface area contributed by atoms with Crippen molar-refractivity contribution in [2.24, 2.45) is 5.41 Å². The minimum absolute atomic E-state index is 0.0994. The summed E-state index contributed by atoms with van der Waals surface area (Å²) in [5.74, 6) is -0.148. The third kappa shape index (κ3) is 4.98. The summed E-state index contributed by atoms with van der Waals surface area (Å²) in [6.45, 7) is 3.20. The van der Waals surface area contributed by atoms with Crippen molar-refractivity contribution >= 4 is 11.9 Å². The highest BCUT2D eigenvalue weighted by Gasteiger charge is 2.45. The van der Waals surface area contributed by atoms with Gasteiger partial charge in [-0.1, -0.05) is 24.1 Å². The van der Waals surface area contributed by atoms with E-state index in [4.69, 9.17) is 4.74 Å². The predicted molar refractivity (Wildman–Crippen MR) is 87.5 cm³/mol. The van der Waals surface area contributed by atoms with Crippen molar-refractivity contribution in [1.82, 2.24) is 5.32 Å². The minimum atomic E-state index is -0.842. The summed E-state index contributed by atoms with van der Waals surface area (Å²) in [5.41, 5.74) is 0.393. The Bertz CT molecular complexity index is 534. The lowest BCUT2D eigenvalue weighted by Gasteiger charge is -2.36. The number of carboxylic acid groups (broad SMARTS) is 1. The van der Waals surface area contributed by atoms with E-state index in [1.165, 1.54) is 5.56 Å². The molecule has 1 aliphatic rings. The van der Waals surface area contributed by atoms with Crippen LogP contribution in [0, 0.1) is 12.3 Å². The first-order valence-electron chi connectivity index (χ1n) is 8.21. The molecule has 1 aromatic rings. The second kappa shape index (κ2) is 7.99. The van der Waals surface area contributed by atoms with Gasteiger partial charge >= 0.3 is 5.97 Å². The molecule has 5 heteroatoms. The van der Waals surface area contributed by atoms with Crippen molar-refractivity contribution in [3.05, 3.63) is 29.8 Å². The molecule has 0 unspecified atom stereocenters. The van der Waals surface area contributed by atoms with E-state index in [2.05, 4.69) is 5.32 Å². The lowest BCUT2D eigenvalue weighted by molar-refractivity contribution is -0.157. The first kappa shape index (κ1) is 17.3. The lowest BCUT2D eigenvalue weighted by Crippen LogP contribution is -2.42. The topological polar surface area (TPSA) is 75.6 Å². The summed E-state index contributed by atoms with van der Waals surface area (Å²) >= 11 is 0. The summed E-state index contributed by atoms with van der Waals surface area (Å²) in [5, 5.41) is 12.0. The van der Waals surface area contributed by atoms with Gasteiger partial charge in [-0.3, -0.25) is 9.59 Å². The molecule has 5 nitrogen and oxygen atoms in total. The first-order valence-corrected chi connectivity index (χ1v) is 8.21. The number of ether oxygens (including phenoxy) is 1. The van der Waals surface area contributed by atoms with E-state index in [0.29, 0.717) is 26.0 Å². The first-order chi connectivity index (χ1) is 11.0. The molecule has 0 bridgehead atoms. The van der Waals surface area contributed by atoms with Crippen LogP contribution in [0.25, 0.3) is 0 Å². The predicted octanol–water partition coefficient (Wildman–Crippen LogP) is 2.92. The maximum atomic E-state index is 11.8. The van der Waals surface area contributed by atoms with E-state index in [1.807, 2.05) is 31.2 Å². The highest BCUT2D eigenvalue weighted by molar-refractivity contribution is 5.85. The number of unbranched alkanes of at least 4 members (excludes halogenated alkanes) is 1. The number of aryl methyl sites for hydroxylation is 1. The van der Waals surface area contributed by atoms with Gasteiger partial charge in [-0.2, -0.15) is 0 Å². The second-order valence-electron chi connectivity index (χ2n) is 6.33. The third-order valence-corrected chi connectivity index (χ3v) is 4.45. The molecule has 1 saturated carbocycles. The van der Waals surface area contributed by atoms with Gasteiger partial charge in [-0.05, 0) is 44.7 Å². The van der Waals surface area contributed by atoms with Crippen molar-refractivity contribution in [3.63, 3.8) is 0 Å². The van der Waals surface area contributed by atoms with E-state index in [9.17, 15) is 14.7 Å². The Labute approximate surface area is 137 Å². The molecule has 1 fully saturated rings. The van der Waals surface area contributed by atoms with Crippen molar-refractivity contribution < 1.29 is 19.4 Å². The van der Waals surface area contributed by atoms with Gasteiger partial charge in [0, 0.05) is 13.0 Å². The number of rotatable bonds is 9. The molecule has 0 radical (unpaired) electrons. The third-order valence-electron chi connectivity index (χ3n) is 4.45. The van der Waals surface area contributed by atoms with Crippen molar-refractivity contribution in [2.45, 2.75) is 45.4 Å². The summed E-state index contributed by atoms with van der Waals surface area (Å²) in [7, 11) is 0. The van der Waals surface area contributed by atoms with Crippen LogP contribution in [-0.2, 0) is 9.59 Å². The van der Waals surface area contributed by atoms with Crippen LogP contribution in [0.1, 0.15) is 44.1 Å². The SMILES string of the molecule is Cc1ccc(OCCCCNC(=O)CC2(C(=O)O)CCC2)cc1. The number of carboxylic acids is 1. The van der Waals surface area contributed by atoms with E-state index < -0.39 is 11.4 Å². The van der Waals surface area contributed by atoms with Gasteiger partial charge in [0.05, 0.1) is 12.0 Å². The Kier molecular flexibility index (Phi) is 6.02. The summed E-state index contributed by atoms with van der Waals surface area (Å²) in [6, 6.07) is 7.91. The van der Waals surface area contributed by atoms with Crippen LogP contribution < -0.4 is 10.1 Å². The number of hydrogen-bond acceptors (Lipinski definition) is 3. The standard InChI is InChI=1S/C18H25NO4/c1-14-5-7-15(8-6-14)23-12-3-2-11-19-16(20)13-18(17(21)22)9-4-10-18/h5-8H,2-4,9-13H2,1H3,(H,19,20)(H,21,22). The molecule has 0 aromatic heterocycles. The van der Waals surface area contributed by atoms with Gasteiger partial charge in [0.15, 0.2) is 0 Å². The molecule has 0 atom stereocenters. The normalized spacial score (nSPS) is 15.5. The van der Waals surface area contributed by atoms with Crippen molar-refractivity contribution in [3.8, 4) is 5.75 Å². The molecule has 23 heavy (non-hydrogen) atoms. The molecule has 0 saturated heterocycles. The fraction of sp³-hybridized carbons (Fsp3) is 0.556. The Morgan fingerprint density at radius 3 is 2.48 bits per heavy atom. The number of carbonyl (C=O) groups excluding carboxylic acids is 1. The maximum absolute atomic E-state index is 11.8. The smallest absolute Gasteiger partial charge is 0.310 e. The van der Waals surface area contributed by atoms with Crippen molar-refractivity contribution in [1.29, 1.82) is 0 Å². The number of benzene rings is 1. The van der Waals surface area contributed by atoms with E-state index >= 15 is 0 Å². The second-order valence-corrected chi connectivity index (χ2v) is 6.33. The summed E-state index contributed by atoms with van der Waals surface area (Å²) < 4.78 is 5.62. The average Bonchev–Trinajstić information content (AvgIpc) is 2.48.